The van der Waals surface area contributed by atoms with Gasteiger partial charge in [-0.1, -0.05) is 13.0 Å². The Morgan fingerprint density at radius 2 is 2.19 bits per heavy atom. The standard InChI is InChI=1S/C15H22N2O3S/c1-12-5-7-17(8-6-12)15(20-10-9-19-2)16-14(18)13-4-3-11-21-13/h3-4,11-12H,5-10H2,1-2H3. The van der Waals surface area contributed by atoms with Crippen molar-refractivity contribution in [2.45, 2.75) is 19.8 Å². The maximum absolute atomic E-state index is 12.1. The largest absolute Gasteiger partial charge is 0.462 e. The van der Waals surface area contributed by atoms with Crippen molar-refractivity contribution >= 4 is 23.3 Å². The highest BCUT2D eigenvalue weighted by atomic mass is 32.1. The third kappa shape index (κ3) is 4.82. The summed E-state index contributed by atoms with van der Waals surface area (Å²) in [6.45, 7) is 4.89. The maximum atomic E-state index is 12.1. The summed E-state index contributed by atoms with van der Waals surface area (Å²) in [6, 6.07) is 4.06. The fourth-order valence-electron chi connectivity index (χ4n) is 2.15. The SMILES string of the molecule is COCCOC(=NC(=O)c1cccs1)N1CCC(C)CC1. The van der Waals surface area contributed by atoms with Crippen molar-refractivity contribution in [1.82, 2.24) is 4.90 Å². The number of piperidine rings is 1. The highest BCUT2D eigenvalue weighted by Crippen LogP contribution is 2.17. The molecule has 5 nitrogen and oxygen atoms in total. The van der Waals surface area contributed by atoms with Crippen molar-refractivity contribution in [3.05, 3.63) is 22.4 Å². The number of hydrogen-bond donors (Lipinski definition) is 0. The van der Waals surface area contributed by atoms with Gasteiger partial charge in [0.15, 0.2) is 0 Å². The zero-order valence-electron chi connectivity index (χ0n) is 12.6. The van der Waals surface area contributed by atoms with Gasteiger partial charge in [-0.2, -0.15) is 4.99 Å². The van der Waals surface area contributed by atoms with Crippen LogP contribution in [0, 0.1) is 5.92 Å². The average Bonchev–Trinajstić information content (AvgIpc) is 3.01. The molecule has 21 heavy (non-hydrogen) atoms. The van der Waals surface area contributed by atoms with Crippen molar-refractivity contribution in [1.29, 1.82) is 0 Å². The van der Waals surface area contributed by atoms with E-state index in [1.165, 1.54) is 11.3 Å². The van der Waals surface area contributed by atoms with Gasteiger partial charge in [0, 0.05) is 20.2 Å². The lowest BCUT2D eigenvalue weighted by Crippen LogP contribution is -2.40. The zero-order chi connectivity index (χ0) is 15.1. The van der Waals surface area contributed by atoms with Crippen molar-refractivity contribution in [3.8, 4) is 0 Å². The molecular weight excluding hydrogens is 288 g/mol. The number of methoxy groups -OCH3 is 1. The van der Waals surface area contributed by atoms with E-state index in [0.29, 0.717) is 24.1 Å². The summed E-state index contributed by atoms with van der Waals surface area (Å²) in [5.74, 6) is 0.477. The number of rotatable bonds is 4. The molecule has 0 atom stereocenters. The molecule has 0 aliphatic carbocycles. The number of likely N-dealkylation sites (tertiary alicyclic amines) is 1. The lowest BCUT2D eigenvalue weighted by molar-refractivity contribution is 0.0978. The molecule has 1 aromatic heterocycles. The van der Waals surface area contributed by atoms with Gasteiger partial charge in [-0.25, -0.2) is 0 Å². The van der Waals surface area contributed by atoms with Crippen LogP contribution in [0.15, 0.2) is 22.5 Å². The summed E-state index contributed by atoms with van der Waals surface area (Å²) in [6.07, 6.45) is 2.19. The fourth-order valence-corrected chi connectivity index (χ4v) is 2.76. The van der Waals surface area contributed by atoms with Crippen LogP contribution in [0.2, 0.25) is 0 Å². The Balaban J connectivity index is 2.05. The first-order chi connectivity index (χ1) is 10.2. The van der Waals surface area contributed by atoms with Gasteiger partial charge < -0.3 is 14.4 Å². The Labute approximate surface area is 129 Å². The van der Waals surface area contributed by atoms with Crippen LogP contribution in [0.5, 0.6) is 0 Å². The number of amidine groups is 1. The minimum Gasteiger partial charge on any atom is -0.462 e. The molecule has 1 amide bonds. The van der Waals surface area contributed by atoms with E-state index in [9.17, 15) is 4.79 Å². The number of ether oxygens (including phenoxy) is 2. The van der Waals surface area contributed by atoms with Crippen LogP contribution in [0.4, 0.5) is 0 Å². The van der Waals surface area contributed by atoms with E-state index in [1.54, 1.807) is 13.2 Å². The first-order valence-electron chi connectivity index (χ1n) is 7.24. The van der Waals surface area contributed by atoms with Gasteiger partial charge in [-0.15, -0.1) is 11.3 Å². The molecule has 0 spiro atoms. The van der Waals surface area contributed by atoms with Crippen molar-refractivity contribution in [2.24, 2.45) is 10.9 Å². The molecule has 0 aromatic carbocycles. The molecular formula is C15H22N2O3S. The fraction of sp³-hybridized carbons (Fsp3) is 0.600. The molecule has 2 heterocycles. The van der Waals surface area contributed by atoms with E-state index < -0.39 is 0 Å². The molecule has 0 radical (unpaired) electrons. The molecule has 1 fully saturated rings. The minimum absolute atomic E-state index is 0.240. The number of nitrogens with zero attached hydrogens (tertiary/aromatic N) is 2. The number of hydrogen-bond acceptors (Lipinski definition) is 4. The van der Waals surface area contributed by atoms with Crippen LogP contribution in [0.1, 0.15) is 29.4 Å². The second-order valence-electron chi connectivity index (χ2n) is 5.19. The van der Waals surface area contributed by atoms with Crippen molar-refractivity contribution in [2.75, 3.05) is 33.4 Å². The predicted octanol–water partition coefficient (Wildman–Crippen LogP) is 2.64. The first kappa shape index (κ1) is 16.0. The Hall–Kier alpha value is -1.40. The molecule has 2 rings (SSSR count). The van der Waals surface area contributed by atoms with E-state index in [-0.39, 0.29) is 5.91 Å². The summed E-state index contributed by atoms with van der Waals surface area (Å²) < 4.78 is 10.7. The summed E-state index contributed by atoms with van der Waals surface area (Å²) >= 11 is 1.39. The number of amides is 1. The molecule has 0 saturated carbocycles. The molecule has 1 aromatic rings. The van der Waals surface area contributed by atoms with Crippen LogP contribution in [0.25, 0.3) is 0 Å². The predicted molar refractivity (Wildman–Crippen MR) is 83.9 cm³/mol. The second kappa shape index (κ2) is 8.14. The van der Waals surface area contributed by atoms with Gasteiger partial charge in [0.2, 0.25) is 0 Å². The molecule has 6 heteroatoms. The summed E-state index contributed by atoms with van der Waals surface area (Å²) in [7, 11) is 1.62. The Morgan fingerprint density at radius 3 is 2.81 bits per heavy atom. The number of carbonyl (C=O) groups is 1. The van der Waals surface area contributed by atoms with Crippen molar-refractivity contribution in [3.63, 3.8) is 0 Å². The van der Waals surface area contributed by atoms with Gasteiger partial charge in [-0.3, -0.25) is 4.79 Å². The third-order valence-corrected chi connectivity index (χ3v) is 4.36. The van der Waals surface area contributed by atoms with Gasteiger partial charge in [-0.05, 0) is 30.2 Å². The van der Waals surface area contributed by atoms with E-state index in [1.807, 2.05) is 11.4 Å². The average molecular weight is 310 g/mol. The zero-order valence-corrected chi connectivity index (χ0v) is 13.4. The van der Waals surface area contributed by atoms with Gasteiger partial charge >= 0.3 is 0 Å². The lowest BCUT2D eigenvalue weighted by Gasteiger charge is -2.31. The maximum Gasteiger partial charge on any atom is 0.295 e. The second-order valence-corrected chi connectivity index (χ2v) is 6.14. The Morgan fingerprint density at radius 1 is 1.43 bits per heavy atom. The van der Waals surface area contributed by atoms with Crippen LogP contribution in [-0.2, 0) is 9.47 Å². The lowest BCUT2D eigenvalue weighted by atomic mass is 10.00. The molecule has 0 N–H and O–H groups in total. The van der Waals surface area contributed by atoms with Gasteiger partial charge in [0.25, 0.3) is 11.9 Å². The van der Waals surface area contributed by atoms with E-state index in [4.69, 9.17) is 9.47 Å². The van der Waals surface area contributed by atoms with Crippen molar-refractivity contribution < 1.29 is 14.3 Å². The molecule has 1 aliphatic heterocycles. The van der Waals surface area contributed by atoms with Gasteiger partial charge in [0.1, 0.15) is 6.61 Å². The van der Waals surface area contributed by atoms with Crippen LogP contribution >= 0.6 is 11.3 Å². The topological polar surface area (TPSA) is 51.1 Å². The first-order valence-corrected chi connectivity index (χ1v) is 8.12. The normalized spacial score (nSPS) is 17.0. The van der Waals surface area contributed by atoms with Crippen LogP contribution < -0.4 is 0 Å². The number of carbonyl (C=O) groups excluding carboxylic acids is 1. The number of aliphatic imine (C=N–C) groups is 1. The van der Waals surface area contributed by atoms with Crippen LogP contribution in [0.3, 0.4) is 0 Å². The summed E-state index contributed by atoms with van der Waals surface area (Å²) in [5, 5.41) is 1.87. The highest BCUT2D eigenvalue weighted by molar-refractivity contribution is 7.12. The molecule has 1 aliphatic rings. The molecule has 0 unspecified atom stereocenters. The summed E-state index contributed by atoms with van der Waals surface area (Å²) in [4.78, 5) is 19.0. The molecule has 1 saturated heterocycles. The molecule has 0 bridgehead atoms. The Bertz CT molecular complexity index is 465. The highest BCUT2D eigenvalue weighted by Gasteiger charge is 2.21. The smallest absolute Gasteiger partial charge is 0.295 e. The quantitative estimate of drug-likeness (QED) is 0.487. The van der Waals surface area contributed by atoms with E-state index >= 15 is 0 Å². The third-order valence-electron chi connectivity index (χ3n) is 3.50. The number of thiophene rings is 1. The molecule has 116 valence electrons. The Kier molecular flexibility index (Phi) is 6.20. The summed E-state index contributed by atoms with van der Waals surface area (Å²) in [5.41, 5.74) is 0. The minimum atomic E-state index is -0.240. The van der Waals surface area contributed by atoms with Gasteiger partial charge in [0.05, 0.1) is 11.5 Å². The monoisotopic (exact) mass is 310 g/mol. The van der Waals surface area contributed by atoms with Crippen LogP contribution in [-0.4, -0.2) is 50.2 Å². The van der Waals surface area contributed by atoms with E-state index in [0.717, 1.165) is 31.8 Å². The van der Waals surface area contributed by atoms with E-state index in [2.05, 4.69) is 16.8 Å².